The van der Waals surface area contributed by atoms with Crippen LogP contribution in [0.25, 0.3) is 0 Å². The summed E-state index contributed by atoms with van der Waals surface area (Å²) in [5.74, 6) is 0.623. The zero-order valence-electron chi connectivity index (χ0n) is 8.59. The van der Waals surface area contributed by atoms with Crippen LogP contribution in [0.1, 0.15) is 24.8 Å². The van der Waals surface area contributed by atoms with Crippen molar-refractivity contribution in [3.05, 3.63) is 22.2 Å². The maximum absolute atomic E-state index is 9.83. The van der Waals surface area contributed by atoms with Crippen LogP contribution in [0.2, 0.25) is 0 Å². The molecule has 0 radical (unpaired) electrons. The van der Waals surface area contributed by atoms with E-state index in [9.17, 15) is 5.11 Å². The highest BCUT2D eigenvalue weighted by Gasteiger charge is 2.37. The quantitative estimate of drug-likeness (QED) is 0.869. The number of hydrogen-bond acceptors (Lipinski definition) is 3. The van der Waals surface area contributed by atoms with Crippen LogP contribution >= 0.6 is 15.9 Å². The van der Waals surface area contributed by atoms with E-state index in [1.807, 2.05) is 6.07 Å². The van der Waals surface area contributed by atoms with E-state index in [2.05, 4.69) is 15.9 Å². The predicted octanol–water partition coefficient (Wildman–Crippen LogP) is 2.50. The fourth-order valence-corrected chi connectivity index (χ4v) is 2.29. The summed E-state index contributed by atoms with van der Waals surface area (Å²) in [5, 5.41) is 9.83. The summed E-state index contributed by atoms with van der Waals surface area (Å²) in [6, 6.07) is 3.72. The number of benzene rings is 1. The molecule has 1 aliphatic carbocycles. The van der Waals surface area contributed by atoms with Crippen molar-refractivity contribution >= 4 is 15.9 Å². The lowest BCUT2D eigenvalue weighted by molar-refractivity contribution is 0.241. The van der Waals surface area contributed by atoms with Gasteiger partial charge in [0.25, 0.3) is 0 Å². The summed E-state index contributed by atoms with van der Waals surface area (Å²) < 4.78 is 5.85. The van der Waals surface area contributed by atoms with Crippen molar-refractivity contribution in [1.29, 1.82) is 0 Å². The second-order valence-corrected chi connectivity index (χ2v) is 4.84. The molecule has 0 unspecified atom stereocenters. The second kappa shape index (κ2) is 3.68. The van der Waals surface area contributed by atoms with Crippen molar-refractivity contribution in [2.24, 2.45) is 5.73 Å². The number of aromatic hydroxyl groups is 1. The molecule has 0 spiro atoms. The van der Waals surface area contributed by atoms with Gasteiger partial charge in [-0.25, -0.2) is 0 Å². The average Bonchev–Trinajstić information content (AvgIpc) is 2.18. The van der Waals surface area contributed by atoms with Gasteiger partial charge in [-0.15, -0.1) is 0 Å². The molecular weight excluding hydrogens is 258 g/mol. The number of ether oxygens (including phenoxy) is 1. The van der Waals surface area contributed by atoms with Crippen LogP contribution < -0.4 is 10.5 Å². The molecule has 1 fully saturated rings. The number of rotatable bonds is 2. The first kappa shape index (κ1) is 10.8. The van der Waals surface area contributed by atoms with Gasteiger partial charge in [0, 0.05) is 11.1 Å². The number of methoxy groups -OCH3 is 1. The minimum atomic E-state index is -0.316. The molecule has 1 aromatic carbocycles. The highest BCUT2D eigenvalue weighted by Crippen LogP contribution is 2.47. The van der Waals surface area contributed by atoms with Gasteiger partial charge in [-0.1, -0.05) is 6.07 Å². The smallest absolute Gasteiger partial charge is 0.172 e. The fraction of sp³-hybridized carbons (Fsp3) is 0.455. The van der Waals surface area contributed by atoms with Gasteiger partial charge in [0.1, 0.15) is 0 Å². The maximum atomic E-state index is 9.83. The summed E-state index contributed by atoms with van der Waals surface area (Å²) in [6.07, 6.45) is 3.03. The SMILES string of the molecule is COc1c(C2(N)CCC2)ccc(Br)c1O. The molecule has 1 saturated carbocycles. The van der Waals surface area contributed by atoms with Crippen molar-refractivity contribution in [2.45, 2.75) is 24.8 Å². The van der Waals surface area contributed by atoms with Gasteiger partial charge in [-0.05, 0) is 41.3 Å². The van der Waals surface area contributed by atoms with Crippen molar-refractivity contribution in [3.8, 4) is 11.5 Å². The lowest BCUT2D eigenvalue weighted by Gasteiger charge is -2.39. The first-order valence-electron chi connectivity index (χ1n) is 4.93. The molecule has 3 nitrogen and oxygen atoms in total. The summed E-state index contributed by atoms with van der Waals surface area (Å²) in [6.45, 7) is 0. The maximum Gasteiger partial charge on any atom is 0.172 e. The van der Waals surface area contributed by atoms with E-state index in [1.165, 1.54) is 0 Å². The Morgan fingerprint density at radius 1 is 1.47 bits per heavy atom. The number of hydrogen-bond donors (Lipinski definition) is 2. The van der Waals surface area contributed by atoms with E-state index in [4.69, 9.17) is 10.5 Å². The first-order valence-corrected chi connectivity index (χ1v) is 5.72. The highest BCUT2D eigenvalue weighted by molar-refractivity contribution is 9.10. The van der Waals surface area contributed by atoms with Crippen molar-refractivity contribution in [2.75, 3.05) is 7.11 Å². The third kappa shape index (κ3) is 1.62. The second-order valence-electron chi connectivity index (χ2n) is 3.99. The number of phenolic OH excluding ortho intramolecular Hbond substituents is 1. The molecule has 15 heavy (non-hydrogen) atoms. The first-order chi connectivity index (χ1) is 7.08. The monoisotopic (exact) mass is 271 g/mol. The summed E-state index contributed by atoms with van der Waals surface area (Å²) >= 11 is 3.26. The van der Waals surface area contributed by atoms with Crippen molar-refractivity contribution in [3.63, 3.8) is 0 Å². The zero-order valence-corrected chi connectivity index (χ0v) is 10.2. The van der Waals surface area contributed by atoms with Crippen LogP contribution in [0.15, 0.2) is 16.6 Å². The predicted molar refractivity (Wildman–Crippen MR) is 62.1 cm³/mol. The van der Waals surface area contributed by atoms with Crippen molar-refractivity contribution in [1.82, 2.24) is 0 Å². The molecule has 0 atom stereocenters. The van der Waals surface area contributed by atoms with Crippen LogP contribution in [0.3, 0.4) is 0 Å². The number of nitrogens with two attached hydrogens (primary N) is 1. The molecule has 1 aliphatic rings. The molecule has 0 heterocycles. The largest absolute Gasteiger partial charge is 0.503 e. The Morgan fingerprint density at radius 2 is 2.13 bits per heavy atom. The van der Waals surface area contributed by atoms with E-state index < -0.39 is 0 Å². The van der Waals surface area contributed by atoms with Crippen LogP contribution in [0.4, 0.5) is 0 Å². The van der Waals surface area contributed by atoms with Gasteiger partial charge >= 0.3 is 0 Å². The van der Waals surface area contributed by atoms with Crippen LogP contribution in [-0.2, 0) is 5.54 Å². The normalized spacial score (nSPS) is 18.3. The van der Waals surface area contributed by atoms with Gasteiger partial charge in [0.15, 0.2) is 11.5 Å². The third-order valence-electron chi connectivity index (χ3n) is 3.07. The van der Waals surface area contributed by atoms with E-state index in [1.54, 1.807) is 13.2 Å². The Balaban J connectivity index is 2.52. The zero-order chi connectivity index (χ0) is 11.1. The lowest BCUT2D eigenvalue weighted by Crippen LogP contribution is -2.43. The Labute approximate surface area is 97.4 Å². The third-order valence-corrected chi connectivity index (χ3v) is 3.71. The minimum Gasteiger partial charge on any atom is -0.503 e. The Hall–Kier alpha value is -0.740. The van der Waals surface area contributed by atoms with Crippen LogP contribution in [-0.4, -0.2) is 12.2 Å². The molecule has 1 aromatic rings. The summed E-state index contributed by atoms with van der Waals surface area (Å²) in [4.78, 5) is 0. The van der Waals surface area contributed by atoms with Gasteiger partial charge in [-0.2, -0.15) is 0 Å². The standard InChI is InChI=1S/C11H14BrNO2/c1-15-10-7(11(13)5-2-6-11)3-4-8(12)9(10)14/h3-4,14H,2,5-6,13H2,1H3. The molecule has 2 rings (SSSR count). The molecule has 0 amide bonds. The van der Waals surface area contributed by atoms with E-state index in [0.29, 0.717) is 10.2 Å². The molecule has 0 aliphatic heterocycles. The van der Waals surface area contributed by atoms with E-state index in [0.717, 1.165) is 24.8 Å². The van der Waals surface area contributed by atoms with Crippen molar-refractivity contribution < 1.29 is 9.84 Å². The van der Waals surface area contributed by atoms with Crippen LogP contribution in [0.5, 0.6) is 11.5 Å². The summed E-state index contributed by atoms with van der Waals surface area (Å²) in [5.41, 5.74) is 6.80. The Morgan fingerprint density at radius 3 is 2.60 bits per heavy atom. The fourth-order valence-electron chi connectivity index (χ4n) is 1.97. The van der Waals surface area contributed by atoms with Crippen LogP contribution in [0, 0.1) is 0 Å². The average molecular weight is 272 g/mol. The number of phenols is 1. The minimum absolute atomic E-state index is 0.131. The molecule has 0 bridgehead atoms. The molecule has 0 saturated heterocycles. The Kier molecular flexibility index (Phi) is 2.64. The van der Waals surface area contributed by atoms with E-state index in [-0.39, 0.29) is 11.3 Å². The van der Waals surface area contributed by atoms with Gasteiger partial charge in [0.05, 0.1) is 11.6 Å². The van der Waals surface area contributed by atoms with Gasteiger partial charge < -0.3 is 15.6 Å². The summed E-state index contributed by atoms with van der Waals surface area (Å²) in [7, 11) is 1.55. The molecular formula is C11H14BrNO2. The molecule has 0 aromatic heterocycles. The Bertz CT molecular complexity index is 388. The van der Waals surface area contributed by atoms with Gasteiger partial charge in [0.2, 0.25) is 0 Å². The number of halogens is 1. The highest BCUT2D eigenvalue weighted by atomic mass is 79.9. The molecule has 4 heteroatoms. The molecule has 82 valence electrons. The topological polar surface area (TPSA) is 55.5 Å². The lowest BCUT2D eigenvalue weighted by atomic mass is 9.72. The van der Waals surface area contributed by atoms with E-state index >= 15 is 0 Å². The molecule has 3 N–H and O–H groups in total. The van der Waals surface area contributed by atoms with Gasteiger partial charge in [-0.3, -0.25) is 0 Å².